The molecule has 0 radical (unpaired) electrons. The standard InChI is InChI=1S/C20H24N6O/c1-13(2)26-10-9-22-18(26)12-23-20(27)16-7-5-15(6-8-16)19-24-14(3)11-17(21-4)25-19/h5-11,13H,12H2,1-4H3,(H,23,27)(H,21,24,25). The van der Waals surface area contributed by atoms with Gasteiger partial charge in [0.05, 0.1) is 6.54 Å². The molecule has 3 rings (SSSR count). The normalized spacial score (nSPS) is 10.9. The van der Waals surface area contributed by atoms with Gasteiger partial charge in [0.15, 0.2) is 5.82 Å². The Hall–Kier alpha value is -3.22. The highest BCUT2D eigenvalue weighted by atomic mass is 16.1. The molecule has 0 aliphatic heterocycles. The number of hydrogen-bond donors (Lipinski definition) is 2. The molecule has 1 amide bonds. The van der Waals surface area contributed by atoms with E-state index in [1.807, 2.05) is 42.9 Å². The second kappa shape index (κ2) is 7.99. The molecule has 7 nitrogen and oxygen atoms in total. The van der Waals surface area contributed by atoms with Gasteiger partial charge in [-0.2, -0.15) is 0 Å². The molecule has 140 valence electrons. The Bertz CT molecular complexity index is 930. The van der Waals surface area contributed by atoms with Crippen molar-refractivity contribution in [3.63, 3.8) is 0 Å². The smallest absolute Gasteiger partial charge is 0.251 e. The minimum absolute atomic E-state index is 0.138. The van der Waals surface area contributed by atoms with Crippen LogP contribution in [-0.2, 0) is 6.54 Å². The van der Waals surface area contributed by atoms with Gasteiger partial charge in [-0.3, -0.25) is 4.79 Å². The highest BCUT2D eigenvalue weighted by Crippen LogP contribution is 2.18. The summed E-state index contributed by atoms with van der Waals surface area (Å²) in [4.78, 5) is 25.7. The average Bonchev–Trinajstić information content (AvgIpc) is 3.14. The molecule has 1 aromatic carbocycles. The van der Waals surface area contributed by atoms with Gasteiger partial charge in [-0.25, -0.2) is 15.0 Å². The van der Waals surface area contributed by atoms with Crippen molar-refractivity contribution in [1.29, 1.82) is 0 Å². The summed E-state index contributed by atoms with van der Waals surface area (Å²) in [6.45, 7) is 6.48. The maximum Gasteiger partial charge on any atom is 0.251 e. The maximum atomic E-state index is 12.4. The molecule has 0 atom stereocenters. The first kappa shape index (κ1) is 18.6. The molecule has 0 aliphatic rings. The number of carbonyl (C=O) groups is 1. The van der Waals surface area contributed by atoms with E-state index < -0.39 is 0 Å². The molecule has 0 fully saturated rings. The molecule has 0 spiro atoms. The van der Waals surface area contributed by atoms with E-state index in [4.69, 9.17) is 0 Å². The first-order valence-corrected chi connectivity index (χ1v) is 8.91. The number of hydrogen-bond acceptors (Lipinski definition) is 5. The number of nitrogens with one attached hydrogen (secondary N) is 2. The SMILES string of the molecule is CNc1cc(C)nc(-c2ccc(C(=O)NCc3nccn3C(C)C)cc2)n1. The number of rotatable bonds is 6. The summed E-state index contributed by atoms with van der Waals surface area (Å²) in [5.74, 6) is 2.09. The van der Waals surface area contributed by atoms with Crippen molar-refractivity contribution in [1.82, 2.24) is 24.8 Å². The van der Waals surface area contributed by atoms with Gasteiger partial charge in [-0.05, 0) is 32.9 Å². The van der Waals surface area contributed by atoms with E-state index in [2.05, 4.69) is 39.4 Å². The molecule has 0 bridgehead atoms. The zero-order valence-electron chi connectivity index (χ0n) is 16.0. The van der Waals surface area contributed by atoms with Crippen LogP contribution in [0.3, 0.4) is 0 Å². The summed E-state index contributed by atoms with van der Waals surface area (Å²) in [7, 11) is 1.82. The lowest BCUT2D eigenvalue weighted by Gasteiger charge is -2.12. The van der Waals surface area contributed by atoms with Crippen LogP contribution in [0.2, 0.25) is 0 Å². The van der Waals surface area contributed by atoms with Gasteiger partial charge < -0.3 is 15.2 Å². The molecule has 3 aromatic rings. The molecule has 7 heteroatoms. The molecule has 0 aliphatic carbocycles. The molecule has 2 N–H and O–H groups in total. The van der Waals surface area contributed by atoms with E-state index in [1.165, 1.54) is 0 Å². The molecule has 2 heterocycles. The van der Waals surface area contributed by atoms with E-state index in [1.54, 1.807) is 18.3 Å². The van der Waals surface area contributed by atoms with Gasteiger partial charge in [-0.15, -0.1) is 0 Å². The molecule has 0 saturated heterocycles. The Morgan fingerprint density at radius 1 is 1.19 bits per heavy atom. The van der Waals surface area contributed by atoms with Gasteiger partial charge in [0.2, 0.25) is 0 Å². The van der Waals surface area contributed by atoms with E-state index in [-0.39, 0.29) is 5.91 Å². The lowest BCUT2D eigenvalue weighted by molar-refractivity contribution is 0.0949. The zero-order chi connectivity index (χ0) is 19.4. The van der Waals surface area contributed by atoms with Gasteiger partial charge in [-0.1, -0.05) is 12.1 Å². The molecule has 0 saturated carbocycles. The fraction of sp³-hybridized carbons (Fsp3) is 0.300. The monoisotopic (exact) mass is 364 g/mol. The van der Waals surface area contributed by atoms with Crippen LogP contribution in [0.4, 0.5) is 5.82 Å². The van der Waals surface area contributed by atoms with Gasteiger partial charge in [0.25, 0.3) is 5.91 Å². The third-order valence-corrected chi connectivity index (χ3v) is 4.23. The minimum Gasteiger partial charge on any atom is -0.373 e. The van der Waals surface area contributed by atoms with Crippen molar-refractivity contribution in [2.24, 2.45) is 0 Å². The average molecular weight is 364 g/mol. The van der Waals surface area contributed by atoms with Crippen molar-refractivity contribution < 1.29 is 4.79 Å². The van der Waals surface area contributed by atoms with Crippen LogP contribution in [0, 0.1) is 6.92 Å². The highest BCUT2D eigenvalue weighted by Gasteiger charge is 2.11. The summed E-state index contributed by atoms with van der Waals surface area (Å²) in [6, 6.07) is 9.47. The molecular weight excluding hydrogens is 340 g/mol. The van der Waals surface area contributed by atoms with E-state index in [9.17, 15) is 4.79 Å². The Labute approximate surface area is 158 Å². The van der Waals surface area contributed by atoms with Gasteiger partial charge in [0.1, 0.15) is 11.6 Å². The molecule has 27 heavy (non-hydrogen) atoms. The fourth-order valence-electron chi connectivity index (χ4n) is 2.81. The quantitative estimate of drug-likeness (QED) is 0.702. The Kier molecular flexibility index (Phi) is 5.49. The van der Waals surface area contributed by atoms with Crippen molar-refractivity contribution in [2.75, 3.05) is 12.4 Å². The van der Waals surface area contributed by atoms with E-state index in [0.29, 0.717) is 24.0 Å². The third-order valence-electron chi connectivity index (χ3n) is 4.23. The summed E-state index contributed by atoms with van der Waals surface area (Å²) in [5, 5.41) is 5.95. The van der Waals surface area contributed by atoms with Gasteiger partial charge in [0, 0.05) is 48.4 Å². The van der Waals surface area contributed by atoms with Crippen molar-refractivity contribution >= 4 is 11.7 Å². The number of nitrogens with zero attached hydrogens (tertiary/aromatic N) is 4. The van der Waals surface area contributed by atoms with Crippen molar-refractivity contribution in [3.8, 4) is 11.4 Å². The second-order valence-electron chi connectivity index (χ2n) is 6.57. The maximum absolute atomic E-state index is 12.4. The Morgan fingerprint density at radius 3 is 2.59 bits per heavy atom. The van der Waals surface area contributed by atoms with E-state index in [0.717, 1.165) is 22.9 Å². The largest absolute Gasteiger partial charge is 0.373 e. The number of aryl methyl sites for hydroxylation is 1. The first-order chi connectivity index (χ1) is 13.0. The molecule has 0 unspecified atom stereocenters. The predicted molar refractivity (Wildman–Crippen MR) is 106 cm³/mol. The Balaban J connectivity index is 1.70. The van der Waals surface area contributed by atoms with Crippen LogP contribution in [0.15, 0.2) is 42.7 Å². The summed E-state index contributed by atoms with van der Waals surface area (Å²) in [6.07, 6.45) is 3.67. The summed E-state index contributed by atoms with van der Waals surface area (Å²) < 4.78 is 2.04. The van der Waals surface area contributed by atoms with Crippen LogP contribution < -0.4 is 10.6 Å². The van der Waals surface area contributed by atoms with Crippen molar-refractivity contribution in [2.45, 2.75) is 33.4 Å². The summed E-state index contributed by atoms with van der Waals surface area (Å²) >= 11 is 0. The third kappa shape index (κ3) is 4.31. The Morgan fingerprint density at radius 2 is 1.93 bits per heavy atom. The van der Waals surface area contributed by atoms with E-state index >= 15 is 0 Å². The number of benzene rings is 1. The zero-order valence-corrected chi connectivity index (χ0v) is 16.0. The van der Waals surface area contributed by atoms with Crippen LogP contribution in [0.25, 0.3) is 11.4 Å². The number of aromatic nitrogens is 4. The van der Waals surface area contributed by atoms with Crippen LogP contribution in [-0.4, -0.2) is 32.5 Å². The predicted octanol–water partition coefficient (Wildman–Crippen LogP) is 3.20. The number of carbonyl (C=O) groups excluding carboxylic acids is 1. The second-order valence-corrected chi connectivity index (χ2v) is 6.57. The van der Waals surface area contributed by atoms with Crippen LogP contribution >= 0.6 is 0 Å². The number of imidazole rings is 1. The number of amides is 1. The minimum atomic E-state index is -0.138. The summed E-state index contributed by atoms with van der Waals surface area (Å²) in [5.41, 5.74) is 2.33. The topological polar surface area (TPSA) is 84.7 Å². The lowest BCUT2D eigenvalue weighted by atomic mass is 10.1. The first-order valence-electron chi connectivity index (χ1n) is 8.91. The molecular formula is C20H24N6O. The van der Waals surface area contributed by atoms with Crippen molar-refractivity contribution in [3.05, 3.63) is 59.8 Å². The molecule has 2 aromatic heterocycles. The lowest BCUT2D eigenvalue weighted by Crippen LogP contribution is -2.25. The highest BCUT2D eigenvalue weighted by molar-refractivity contribution is 5.94. The fourth-order valence-corrected chi connectivity index (χ4v) is 2.81. The van der Waals surface area contributed by atoms with Crippen LogP contribution in [0.5, 0.6) is 0 Å². The van der Waals surface area contributed by atoms with Crippen LogP contribution in [0.1, 0.15) is 41.8 Å². The van der Waals surface area contributed by atoms with Gasteiger partial charge >= 0.3 is 0 Å². The number of anilines is 1.